The molecule has 74 heavy (non-hydrogen) atoms. The van der Waals surface area contributed by atoms with Crippen molar-refractivity contribution in [3.05, 3.63) is 134 Å². The van der Waals surface area contributed by atoms with Gasteiger partial charge in [-0.15, -0.1) is 0 Å². The Kier molecular flexibility index (Phi) is 9.85. The minimum Gasteiger partial charge on any atom is -0.456 e. The first kappa shape index (κ1) is 48.7. The van der Waals surface area contributed by atoms with Crippen molar-refractivity contribution in [3.63, 3.8) is 0 Å². The van der Waals surface area contributed by atoms with Crippen molar-refractivity contribution in [2.45, 2.75) is 212 Å². The molecule has 0 unspecified atom stereocenters. The Morgan fingerprint density at radius 2 is 0.770 bits per heavy atom. The van der Waals surface area contributed by atoms with Crippen LogP contribution in [-0.4, -0.2) is 6.71 Å². The molecule has 7 aromatic rings. The molecule has 0 radical (unpaired) electrons. The fraction of sp³-hybridized carbons (Fsp3) is 0.478. The smallest absolute Gasteiger partial charge is 0.252 e. The quantitative estimate of drug-likeness (QED) is 0.161. The van der Waals surface area contributed by atoms with Crippen LogP contribution in [0.3, 0.4) is 0 Å². The molecule has 3 nitrogen and oxygen atoms in total. The van der Waals surface area contributed by atoms with Crippen LogP contribution in [-0.2, 0) is 43.3 Å². The van der Waals surface area contributed by atoms with Gasteiger partial charge in [-0.1, -0.05) is 147 Å². The molecule has 0 N–H and O–H groups in total. The van der Waals surface area contributed by atoms with Gasteiger partial charge in [0.15, 0.2) is 0 Å². The molecule has 3 heterocycles. The second-order valence-electron chi connectivity index (χ2n) is 29.8. The first-order valence-corrected chi connectivity index (χ1v) is 28.8. The molecule has 4 aliphatic carbocycles. The number of hydrogen-bond donors (Lipinski definition) is 0. The number of aryl methyl sites for hydroxylation is 1. The van der Waals surface area contributed by atoms with Crippen LogP contribution < -0.4 is 26.2 Å². The molecule has 1 aromatic heterocycles. The summed E-state index contributed by atoms with van der Waals surface area (Å²) in [5.41, 5.74) is 26.6. The summed E-state index contributed by atoms with van der Waals surface area (Å²) in [6.45, 7) is 41.6. The van der Waals surface area contributed by atoms with Crippen LogP contribution in [0.15, 0.2) is 83.3 Å². The van der Waals surface area contributed by atoms with Gasteiger partial charge in [0, 0.05) is 56.0 Å². The topological polar surface area (TPSA) is 19.6 Å². The molecule has 0 saturated carbocycles. The minimum atomic E-state index is -0.0652. The molecule has 382 valence electrons. The van der Waals surface area contributed by atoms with E-state index in [0.717, 1.165) is 54.0 Å². The summed E-state index contributed by atoms with van der Waals surface area (Å²) in [5, 5.41) is 3.17. The highest BCUT2D eigenvalue weighted by Crippen LogP contribution is 2.56. The Morgan fingerprint density at radius 3 is 1.32 bits per heavy atom. The van der Waals surface area contributed by atoms with Crippen molar-refractivity contribution in [2.24, 2.45) is 0 Å². The second kappa shape index (κ2) is 15.0. The number of hydrogen-bond acceptors (Lipinski definition) is 3. The third kappa shape index (κ3) is 6.76. The molecule has 0 amide bonds. The highest BCUT2D eigenvalue weighted by Gasteiger charge is 2.49. The zero-order valence-corrected chi connectivity index (χ0v) is 48.7. The Morgan fingerprint density at radius 1 is 0.378 bits per heavy atom. The van der Waals surface area contributed by atoms with Crippen molar-refractivity contribution < 1.29 is 4.42 Å². The van der Waals surface area contributed by atoms with Crippen LogP contribution in [0.4, 0.5) is 34.1 Å². The van der Waals surface area contributed by atoms with Crippen LogP contribution in [0.25, 0.3) is 21.9 Å². The zero-order valence-electron chi connectivity index (χ0n) is 47.9. The number of fused-ring (bicyclic) bond motifs is 11. The maximum atomic E-state index is 7.71. The number of rotatable bonds is 2. The predicted molar refractivity (Wildman–Crippen MR) is 319 cm³/mol. The summed E-state index contributed by atoms with van der Waals surface area (Å²) >= 11 is 7.71. The van der Waals surface area contributed by atoms with E-state index >= 15 is 0 Å². The lowest BCUT2D eigenvalue weighted by atomic mass is 9.33. The minimum absolute atomic E-state index is 0.0178. The largest absolute Gasteiger partial charge is 0.456 e. The van der Waals surface area contributed by atoms with E-state index in [1.54, 1.807) is 0 Å². The van der Waals surface area contributed by atoms with Crippen molar-refractivity contribution in [1.29, 1.82) is 0 Å². The highest BCUT2D eigenvalue weighted by molar-refractivity contribution is 7.00. The van der Waals surface area contributed by atoms with Gasteiger partial charge < -0.3 is 14.2 Å². The van der Waals surface area contributed by atoms with Crippen molar-refractivity contribution >= 4 is 90.8 Å². The monoisotopic (exact) mass is 999 g/mol. The molecule has 0 fully saturated rings. The summed E-state index contributed by atoms with van der Waals surface area (Å²) in [5.74, 6) is 0. The Bertz CT molecular complexity index is 3630. The Balaban J connectivity index is 1.17. The van der Waals surface area contributed by atoms with E-state index in [-0.39, 0.29) is 50.0 Å². The normalized spacial score (nSPS) is 22.3. The van der Waals surface area contributed by atoms with Gasteiger partial charge in [-0.3, -0.25) is 0 Å². The van der Waals surface area contributed by atoms with Crippen LogP contribution in [0.5, 0.6) is 0 Å². The van der Waals surface area contributed by atoms with Gasteiger partial charge in [-0.05, 0) is 217 Å². The van der Waals surface area contributed by atoms with Crippen LogP contribution in [0.2, 0.25) is 5.02 Å². The van der Waals surface area contributed by atoms with E-state index in [1.165, 1.54) is 125 Å². The Labute approximate surface area is 448 Å². The van der Waals surface area contributed by atoms with Gasteiger partial charge in [0.2, 0.25) is 0 Å². The molecular weight excluding hydrogens is 919 g/mol. The van der Waals surface area contributed by atoms with Gasteiger partial charge >= 0.3 is 0 Å². The first-order chi connectivity index (χ1) is 34.4. The molecule has 6 aromatic carbocycles. The molecule has 2 aliphatic heterocycles. The maximum absolute atomic E-state index is 7.71. The van der Waals surface area contributed by atoms with Gasteiger partial charge in [-0.25, -0.2) is 0 Å². The van der Waals surface area contributed by atoms with E-state index in [9.17, 15) is 0 Å². The average molecular weight is 1000 g/mol. The van der Waals surface area contributed by atoms with Gasteiger partial charge in [-0.2, -0.15) is 0 Å². The molecule has 0 atom stereocenters. The van der Waals surface area contributed by atoms with Crippen LogP contribution in [0.1, 0.15) is 212 Å². The molecular formula is C69H80BClN2O. The van der Waals surface area contributed by atoms with Gasteiger partial charge in [0.05, 0.1) is 0 Å². The van der Waals surface area contributed by atoms with Crippen LogP contribution >= 0.6 is 11.6 Å². The molecule has 13 rings (SSSR count). The number of furan rings is 1. The number of nitrogens with zero attached hydrogens (tertiary/aromatic N) is 2. The number of benzene rings is 6. The van der Waals surface area contributed by atoms with E-state index in [0.29, 0.717) is 0 Å². The lowest BCUT2D eigenvalue weighted by molar-refractivity contribution is 0.332. The summed E-state index contributed by atoms with van der Waals surface area (Å²) in [6, 6.07) is 32.4. The van der Waals surface area contributed by atoms with Crippen molar-refractivity contribution in [1.82, 2.24) is 0 Å². The Hall–Kier alpha value is -4.93. The summed E-state index contributed by atoms with van der Waals surface area (Å²) in [4.78, 5) is 5.25. The summed E-state index contributed by atoms with van der Waals surface area (Å²) in [7, 11) is 0. The third-order valence-electron chi connectivity index (χ3n) is 21.1. The fourth-order valence-corrected chi connectivity index (χ4v) is 15.8. The zero-order chi connectivity index (χ0) is 52.6. The molecule has 6 aliphatic rings. The van der Waals surface area contributed by atoms with Gasteiger partial charge in [0.1, 0.15) is 11.2 Å². The predicted octanol–water partition coefficient (Wildman–Crippen LogP) is 18.0. The molecule has 0 spiro atoms. The molecule has 0 bridgehead atoms. The standard InChI is InChI=1S/C69H80BClN2O/c1-39-28-45-49(67(12,13)25-22-63(45,4)5)35-54(39)73-56-38-60-43(42-32-47-51(37-59(42)74-60)69(16,17)27-23-65(47,8)9)33-52(56)70-53-34-48-50(68(14,15)26-24-66(48,10)11)36-55(53)72(57-29-40(71)30-58(73)61(57)70)41-18-19-44-46(31-41)64(6,7)21-20-62(44,2)3/h18-19,28-38H,20-27H2,1-17H3. The lowest BCUT2D eigenvalue weighted by Crippen LogP contribution is -2.62. The lowest BCUT2D eigenvalue weighted by Gasteiger charge is -2.48. The van der Waals surface area contributed by atoms with Crippen LogP contribution in [0, 0.1) is 6.92 Å². The molecule has 0 saturated heterocycles. The summed E-state index contributed by atoms with van der Waals surface area (Å²) < 4.78 is 7.21. The SMILES string of the molecule is Cc1cc2c(cc1N1c3cc4oc5cc6c(cc5c4cc3B3c4cc5c(cc4N(c4ccc7c(c4)C(C)(C)CCC7(C)C)c4cc(Cl)cc1c43)C(C)(C)CCC5(C)C)C(C)(C)CCC6(C)C)C(C)(C)CCC2(C)C. The number of halogens is 1. The molecule has 5 heteroatoms. The van der Waals surface area contributed by atoms with Crippen molar-refractivity contribution in [2.75, 3.05) is 9.80 Å². The van der Waals surface area contributed by atoms with E-state index in [1.807, 2.05) is 0 Å². The first-order valence-electron chi connectivity index (χ1n) is 28.4. The van der Waals surface area contributed by atoms with E-state index in [2.05, 4.69) is 206 Å². The second-order valence-corrected chi connectivity index (χ2v) is 30.2. The van der Waals surface area contributed by atoms with Crippen molar-refractivity contribution in [3.8, 4) is 0 Å². The third-order valence-corrected chi connectivity index (χ3v) is 21.3. The van der Waals surface area contributed by atoms with E-state index in [4.69, 9.17) is 16.0 Å². The number of anilines is 6. The maximum Gasteiger partial charge on any atom is 0.252 e. The highest BCUT2D eigenvalue weighted by atomic mass is 35.5. The van der Waals surface area contributed by atoms with Gasteiger partial charge in [0.25, 0.3) is 6.71 Å². The summed E-state index contributed by atoms with van der Waals surface area (Å²) in [6.07, 6.45) is 9.30. The fourth-order valence-electron chi connectivity index (χ4n) is 15.6. The average Bonchev–Trinajstić information content (AvgIpc) is 3.71. The van der Waals surface area contributed by atoms with E-state index < -0.39 is 0 Å².